The Bertz CT molecular complexity index is 691. The Balaban J connectivity index is 0.00000264. The molecule has 0 saturated heterocycles. The van der Waals surface area contributed by atoms with Crippen molar-refractivity contribution in [1.29, 1.82) is 0 Å². The van der Waals surface area contributed by atoms with Gasteiger partial charge in [0.15, 0.2) is 0 Å². The molecule has 2 aromatic rings. The van der Waals surface area contributed by atoms with Crippen molar-refractivity contribution in [2.75, 3.05) is 0 Å². The van der Waals surface area contributed by atoms with Crippen molar-refractivity contribution in [2.45, 2.75) is 38.8 Å². The first kappa shape index (κ1) is 18.8. The van der Waals surface area contributed by atoms with Crippen LogP contribution in [0.4, 0.5) is 4.79 Å². The van der Waals surface area contributed by atoms with Crippen molar-refractivity contribution < 1.29 is 19.4 Å². The molecule has 126 valence electrons. The molecule has 1 aromatic heterocycles. The molecular weight excluding hydrogens is 320 g/mol. The molecule has 0 aliphatic heterocycles. The van der Waals surface area contributed by atoms with Gasteiger partial charge in [-0.25, -0.2) is 9.59 Å². The van der Waals surface area contributed by atoms with Crippen LogP contribution >= 0.6 is 12.4 Å². The molecule has 1 atom stereocenters. The number of carboxylic acids is 1. The van der Waals surface area contributed by atoms with Gasteiger partial charge < -0.3 is 20.1 Å². The number of benzene rings is 1. The number of amides is 1. The van der Waals surface area contributed by atoms with Crippen molar-refractivity contribution in [2.24, 2.45) is 0 Å². The Morgan fingerprint density at radius 1 is 1.30 bits per heavy atom. The van der Waals surface area contributed by atoms with E-state index < -0.39 is 23.7 Å². The molecule has 3 N–H and O–H groups in total. The van der Waals surface area contributed by atoms with Gasteiger partial charge in [0.2, 0.25) is 0 Å². The van der Waals surface area contributed by atoms with Gasteiger partial charge in [-0.15, -0.1) is 12.4 Å². The Hall–Kier alpha value is -2.21. The van der Waals surface area contributed by atoms with E-state index in [0.29, 0.717) is 0 Å². The maximum Gasteiger partial charge on any atom is 0.408 e. The van der Waals surface area contributed by atoms with Crippen LogP contribution in [0.1, 0.15) is 26.3 Å². The summed E-state index contributed by atoms with van der Waals surface area (Å²) in [5.74, 6) is -1.10. The number of fused-ring (bicyclic) bond motifs is 1. The molecule has 0 aliphatic carbocycles. The number of aliphatic carboxylic acids is 1. The first-order valence-electron chi connectivity index (χ1n) is 7.03. The summed E-state index contributed by atoms with van der Waals surface area (Å²) in [5, 5.41) is 12.7. The lowest BCUT2D eigenvalue weighted by atomic mass is 10.1. The molecule has 6 nitrogen and oxygen atoms in total. The standard InChI is InChI=1S/C16H20N2O4.ClH/c1-16(2,3)22-15(21)18-13(14(19)20)8-10-9-17-12-7-5-4-6-11(10)12;/h4-7,9,13,17H,8H2,1-3H3,(H,18,21)(H,19,20);1H/t13-;/m0./s1. The minimum atomic E-state index is -1.10. The van der Waals surface area contributed by atoms with E-state index in [2.05, 4.69) is 10.3 Å². The third kappa shape index (κ3) is 5.17. The quantitative estimate of drug-likeness (QED) is 0.797. The summed E-state index contributed by atoms with van der Waals surface area (Å²) in [6.45, 7) is 5.17. The molecule has 0 bridgehead atoms. The molecule has 23 heavy (non-hydrogen) atoms. The number of aromatic nitrogens is 1. The zero-order valence-electron chi connectivity index (χ0n) is 13.3. The highest BCUT2D eigenvalue weighted by atomic mass is 35.5. The Morgan fingerprint density at radius 3 is 2.57 bits per heavy atom. The Kier molecular flexibility index (Phi) is 6.04. The van der Waals surface area contributed by atoms with Gasteiger partial charge in [0.25, 0.3) is 0 Å². The second-order valence-electron chi connectivity index (χ2n) is 6.10. The fourth-order valence-corrected chi connectivity index (χ4v) is 2.17. The number of halogens is 1. The van der Waals surface area contributed by atoms with Gasteiger partial charge in [0.1, 0.15) is 11.6 Å². The van der Waals surface area contributed by atoms with E-state index in [1.165, 1.54) is 0 Å². The van der Waals surface area contributed by atoms with Crippen LogP contribution < -0.4 is 5.32 Å². The molecule has 0 aliphatic rings. The molecule has 7 heteroatoms. The normalized spacial score (nSPS) is 12.3. The van der Waals surface area contributed by atoms with Crippen molar-refractivity contribution >= 4 is 35.4 Å². The molecule has 0 radical (unpaired) electrons. The van der Waals surface area contributed by atoms with E-state index in [1.54, 1.807) is 27.0 Å². The molecule has 1 aromatic carbocycles. The number of nitrogens with one attached hydrogen (secondary N) is 2. The van der Waals surface area contributed by atoms with Crippen LogP contribution in [-0.4, -0.2) is 33.8 Å². The van der Waals surface area contributed by atoms with E-state index in [4.69, 9.17) is 4.74 Å². The summed E-state index contributed by atoms with van der Waals surface area (Å²) in [5.41, 5.74) is 1.09. The van der Waals surface area contributed by atoms with Gasteiger partial charge >= 0.3 is 12.1 Å². The number of aromatic amines is 1. The largest absolute Gasteiger partial charge is 0.480 e. The maximum atomic E-state index is 11.8. The number of rotatable bonds is 4. The van der Waals surface area contributed by atoms with E-state index in [9.17, 15) is 14.7 Å². The van der Waals surface area contributed by atoms with E-state index >= 15 is 0 Å². The summed E-state index contributed by atoms with van der Waals surface area (Å²) >= 11 is 0. The monoisotopic (exact) mass is 340 g/mol. The molecule has 0 fully saturated rings. The van der Waals surface area contributed by atoms with Gasteiger partial charge in [0.05, 0.1) is 0 Å². The number of ether oxygens (including phenoxy) is 1. The lowest BCUT2D eigenvalue weighted by Crippen LogP contribution is -2.44. The minimum Gasteiger partial charge on any atom is -0.480 e. The number of para-hydroxylation sites is 1. The molecule has 0 spiro atoms. The zero-order chi connectivity index (χ0) is 16.3. The van der Waals surface area contributed by atoms with Crippen LogP contribution in [0.2, 0.25) is 0 Å². The summed E-state index contributed by atoms with van der Waals surface area (Å²) < 4.78 is 5.10. The predicted octanol–water partition coefficient (Wildman–Crippen LogP) is 3.11. The van der Waals surface area contributed by atoms with Crippen LogP contribution in [0.5, 0.6) is 0 Å². The third-order valence-corrected chi connectivity index (χ3v) is 3.09. The van der Waals surface area contributed by atoms with Crippen LogP contribution in [-0.2, 0) is 16.0 Å². The smallest absolute Gasteiger partial charge is 0.408 e. The van der Waals surface area contributed by atoms with Crippen molar-refractivity contribution in [3.8, 4) is 0 Å². The highest BCUT2D eigenvalue weighted by Crippen LogP contribution is 2.19. The zero-order valence-corrected chi connectivity index (χ0v) is 14.1. The SMILES string of the molecule is CC(C)(C)OC(=O)N[C@@H](Cc1c[nH]c2ccccc12)C(=O)O.Cl. The number of hydrogen-bond donors (Lipinski definition) is 3. The van der Waals surface area contributed by atoms with Crippen LogP contribution in [0.25, 0.3) is 10.9 Å². The summed E-state index contributed by atoms with van der Waals surface area (Å²) in [4.78, 5) is 26.2. The number of carboxylic acid groups (broad SMARTS) is 1. The lowest BCUT2D eigenvalue weighted by molar-refractivity contribution is -0.139. The molecular formula is C16H21ClN2O4. The third-order valence-electron chi connectivity index (χ3n) is 3.09. The van der Waals surface area contributed by atoms with E-state index in [-0.39, 0.29) is 18.8 Å². The van der Waals surface area contributed by atoms with E-state index in [1.807, 2.05) is 24.3 Å². The second-order valence-corrected chi connectivity index (χ2v) is 6.10. The topological polar surface area (TPSA) is 91.4 Å². The minimum absolute atomic E-state index is 0. The van der Waals surface area contributed by atoms with Gasteiger partial charge in [-0.3, -0.25) is 0 Å². The van der Waals surface area contributed by atoms with Gasteiger partial charge in [-0.1, -0.05) is 18.2 Å². The Morgan fingerprint density at radius 2 is 1.96 bits per heavy atom. The van der Waals surface area contributed by atoms with Gasteiger partial charge in [-0.2, -0.15) is 0 Å². The predicted molar refractivity (Wildman–Crippen MR) is 90.0 cm³/mol. The Labute approximate surface area is 140 Å². The second kappa shape index (κ2) is 7.37. The number of H-pyrrole nitrogens is 1. The molecule has 2 rings (SSSR count). The van der Waals surface area contributed by atoms with Crippen LogP contribution in [0, 0.1) is 0 Å². The summed E-state index contributed by atoms with van der Waals surface area (Å²) in [7, 11) is 0. The average Bonchev–Trinajstić information content (AvgIpc) is 2.79. The lowest BCUT2D eigenvalue weighted by Gasteiger charge is -2.21. The molecule has 1 heterocycles. The molecule has 0 unspecified atom stereocenters. The van der Waals surface area contributed by atoms with Crippen LogP contribution in [0.15, 0.2) is 30.5 Å². The number of carbonyl (C=O) groups is 2. The first-order valence-corrected chi connectivity index (χ1v) is 7.03. The highest BCUT2D eigenvalue weighted by molar-refractivity contribution is 5.86. The maximum absolute atomic E-state index is 11.8. The highest BCUT2D eigenvalue weighted by Gasteiger charge is 2.25. The van der Waals surface area contributed by atoms with Crippen molar-refractivity contribution in [1.82, 2.24) is 10.3 Å². The van der Waals surface area contributed by atoms with Gasteiger partial charge in [-0.05, 0) is 32.4 Å². The fraction of sp³-hybridized carbons (Fsp3) is 0.375. The average molecular weight is 341 g/mol. The summed E-state index contributed by atoms with van der Waals surface area (Å²) in [6.07, 6.45) is 1.20. The first-order chi connectivity index (χ1) is 10.3. The summed E-state index contributed by atoms with van der Waals surface area (Å²) in [6, 6.07) is 6.56. The van der Waals surface area contributed by atoms with Gasteiger partial charge in [0, 0.05) is 23.5 Å². The van der Waals surface area contributed by atoms with E-state index in [0.717, 1.165) is 16.5 Å². The van der Waals surface area contributed by atoms with Crippen molar-refractivity contribution in [3.05, 3.63) is 36.0 Å². The van der Waals surface area contributed by atoms with Crippen LogP contribution in [0.3, 0.4) is 0 Å². The molecule has 0 saturated carbocycles. The molecule has 1 amide bonds. The van der Waals surface area contributed by atoms with Crippen molar-refractivity contribution in [3.63, 3.8) is 0 Å². The number of alkyl carbamates (subject to hydrolysis) is 1. The fourth-order valence-electron chi connectivity index (χ4n) is 2.17. The number of carbonyl (C=O) groups excluding carboxylic acids is 1. The number of hydrogen-bond acceptors (Lipinski definition) is 3.